The van der Waals surface area contributed by atoms with Crippen LogP contribution in [-0.2, 0) is 17.5 Å². The van der Waals surface area contributed by atoms with E-state index in [1.165, 1.54) is 10.4 Å². The largest absolute Gasteiger partial charge is 0.496 e. The summed E-state index contributed by atoms with van der Waals surface area (Å²) in [6.07, 6.45) is 2.40. The van der Waals surface area contributed by atoms with Crippen LogP contribution in [0.3, 0.4) is 0 Å². The Balaban J connectivity index is 1.72. The lowest BCUT2D eigenvalue weighted by Crippen LogP contribution is -2.67. The maximum absolute atomic E-state index is 9.76. The van der Waals surface area contributed by atoms with Crippen molar-refractivity contribution in [3.8, 4) is 5.75 Å². The van der Waals surface area contributed by atoms with E-state index in [4.69, 9.17) is 14.9 Å². The SMILES string of the molecule is CCC[C@@H](CO[Si](c1ccccc1)(c1ccccc1)C(C)(C)C)Nc1nc(N)nc(C)c1Cc1cc(CO)ccc1OC. The van der Waals surface area contributed by atoms with Gasteiger partial charge in [-0.3, -0.25) is 0 Å². The zero-order valence-corrected chi connectivity index (χ0v) is 27.4. The molecule has 4 rings (SSSR count). The standard InChI is InChI=1S/C35H46N4O3Si/c1-7-14-28(24-42-43(35(3,4)5,29-15-10-8-11-16-29)30-17-12-9-13-18-30)38-33-31(25(2)37-34(36)39-33)22-27-21-26(23-40)19-20-32(27)41-6/h8-13,15-21,28,40H,7,14,22-24H2,1-6H3,(H3,36,37,38,39)/t28-/m0/s1. The molecule has 0 aliphatic carbocycles. The van der Waals surface area contributed by atoms with Gasteiger partial charge < -0.3 is 25.3 Å². The van der Waals surface area contributed by atoms with Crippen molar-refractivity contribution in [2.75, 3.05) is 24.8 Å². The van der Waals surface area contributed by atoms with Crippen LogP contribution in [-0.4, -0.2) is 43.2 Å². The second-order valence-corrected chi connectivity index (χ2v) is 16.4. The molecule has 0 spiro atoms. The van der Waals surface area contributed by atoms with Gasteiger partial charge in [0.25, 0.3) is 8.32 Å². The highest BCUT2D eigenvalue weighted by Crippen LogP contribution is 2.37. The van der Waals surface area contributed by atoms with Crippen molar-refractivity contribution in [1.82, 2.24) is 9.97 Å². The van der Waals surface area contributed by atoms with Gasteiger partial charge in [0.2, 0.25) is 5.95 Å². The molecule has 8 heteroatoms. The van der Waals surface area contributed by atoms with Crippen molar-refractivity contribution in [2.45, 2.75) is 71.6 Å². The average Bonchev–Trinajstić information content (AvgIpc) is 2.99. The number of benzene rings is 3. The first-order valence-electron chi connectivity index (χ1n) is 15.0. The van der Waals surface area contributed by atoms with Gasteiger partial charge in [-0.1, -0.05) is 101 Å². The first kappa shape index (κ1) is 32.2. The highest BCUT2D eigenvalue weighted by molar-refractivity contribution is 6.99. The number of rotatable bonds is 13. The molecule has 4 aromatic rings. The highest BCUT2D eigenvalue weighted by Gasteiger charge is 2.50. The molecule has 0 fully saturated rings. The topological polar surface area (TPSA) is 103 Å². The molecule has 0 radical (unpaired) electrons. The molecule has 7 nitrogen and oxygen atoms in total. The van der Waals surface area contributed by atoms with Crippen LogP contribution in [0.1, 0.15) is 62.9 Å². The summed E-state index contributed by atoms with van der Waals surface area (Å²) >= 11 is 0. The molecular formula is C35H46N4O3Si. The summed E-state index contributed by atoms with van der Waals surface area (Å²) in [7, 11) is -1.06. The summed E-state index contributed by atoms with van der Waals surface area (Å²) in [5.74, 6) is 1.67. The quantitative estimate of drug-likeness (QED) is 0.172. The average molecular weight is 599 g/mol. The number of ether oxygens (including phenoxy) is 1. The van der Waals surface area contributed by atoms with Crippen molar-refractivity contribution in [3.63, 3.8) is 0 Å². The summed E-state index contributed by atoms with van der Waals surface area (Å²) in [6, 6.07) is 27.1. The van der Waals surface area contributed by atoms with Gasteiger partial charge in [0.05, 0.1) is 20.3 Å². The van der Waals surface area contributed by atoms with Crippen molar-refractivity contribution in [1.29, 1.82) is 0 Å². The molecule has 0 bridgehead atoms. The molecular weight excluding hydrogens is 552 g/mol. The minimum absolute atomic E-state index is 0.00947. The molecule has 1 aromatic heterocycles. The molecule has 43 heavy (non-hydrogen) atoms. The number of nitrogens with two attached hydrogens (primary N) is 1. The van der Waals surface area contributed by atoms with Crippen molar-refractivity contribution < 1.29 is 14.3 Å². The number of anilines is 2. The Hall–Kier alpha value is -3.72. The Morgan fingerprint density at radius 3 is 2.12 bits per heavy atom. The van der Waals surface area contributed by atoms with Crippen LogP contribution in [0.25, 0.3) is 0 Å². The summed E-state index contributed by atoms with van der Waals surface area (Å²) in [6.45, 7) is 11.5. The Labute approximate surface area is 257 Å². The third-order valence-corrected chi connectivity index (χ3v) is 13.0. The van der Waals surface area contributed by atoms with Gasteiger partial charge in [0, 0.05) is 23.7 Å². The van der Waals surface area contributed by atoms with Gasteiger partial charge in [-0.05, 0) is 52.0 Å². The van der Waals surface area contributed by atoms with Gasteiger partial charge >= 0.3 is 0 Å². The Morgan fingerprint density at radius 2 is 1.58 bits per heavy atom. The third-order valence-electron chi connectivity index (χ3n) is 8.02. The van der Waals surface area contributed by atoms with E-state index in [0.29, 0.717) is 18.8 Å². The summed E-state index contributed by atoms with van der Waals surface area (Å²) < 4.78 is 12.9. The number of nitrogens with one attached hydrogen (secondary N) is 1. The third kappa shape index (κ3) is 7.26. The van der Waals surface area contributed by atoms with Crippen LogP contribution >= 0.6 is 0 Å². The van der Waals surface area contributed by atoms with E-state index in [-0.39, 0.29) is 23.6 Å². The predicted molar refractivity (Wildman–Crippen MR) is 179 cm³/mol. The molecule has 1 heterocycles. The van der Waals surface area contributed by atoms with Crippen LogP contribution in [0.4, 0.5) is 11.8 Å². The Bertz CT molecular complexity index is 1440. The van der Waals surface area contributed by atoms with E-state index in [1.807, 2.05) is 25.1 Å². The zero-order valence-electron chi connectivity index (χ0n) is 26.4. The summed E-state index contributed by atoms with van der Waals surface area (Å²) in [5.41, 5.74) is 9.69. The number of aliphatic hydroxyl groups excluding tert-OH is 1. The van der Waals surface area contributed by atoms with E-state index >= 15 is 0 Å². The van der Waals surface area contributed by atoms with Crippen molar-refractivity contribution in [2.24, 2.45) is 0 Å². The molecule has 0 unspecified atom stereocenters. The first-order chi connectivity index (χ1) is 20.6. The van der Waals surface area contributed by atoms with Crippen molar-refractivity contribution in [3.05, 3.63) is 101 Å². The molecule has 0 saturated heterocycles. The monoisotopic (exact) mass is 598 g/mol. The lowest BCUT2D eigenvalue weighted by atomic mass is 10.0. The Kier molecular flexibility index (Phi) is 10.6. The fourth-order valence-corrected chi connectivity index (χ4v) is 10.5. The molecule has 1 atom stereocenters. The number of hydrogen-bond acceptors (Lipinski definition) is 7. The minimum Gasteiger partial charge on any atom is -0.496 e. The molecule has 0 aliphatic rings. The Morgan fingerprint density at radius 1 is 0.953 bits per heavy atom. The van der Waals surface area contributed by atoms with E-state index in [9.17, 15) is 5.11 Å². The van der Waals surface area contributed by atoms with Crippen LogP contribution in [0.15, 0.2) is 78.9 Å². The minimum atomic E-state index is -2.72. The van der Waals surface area contributed by atoms with Crippen LogP contribution < -0.4 is 26.2 Å². The summed E-state index contributed by atoms with van der Waals surface area (Å²) in [5, 5.41) is 15.9. The maximum atomic E-state index is 9.76. The second kappa shape index (κ2) is 14.2. The zero-order chi connectivity index (χ0) is 31.0. The highest BCUT2D eigenvalue weighted by atomic mass is 28.4. The molecule has 0 saturated carbocycles. The predicted octanol–water partition coefficient (Wildman–Crippen LogP) is 5.62. The molecule has 0 amide bonds. The van der Waals surface area contributed by atoms with Crippen LogP contribution in [0.2, 0.25) is 5.04 Å². The first-order valence-corrected chi connectivity index (χ1v) is 16.9. The number of nitrogen functional groups attached to an aromatic ring is 1. The lowest BCUT2D eigenvalue weighted by Gasteiger charge is -2.43. The van der Waals surface area contributed by atoms with Gasteiger partial charge in [0.15, 0.2) is 0 Å². The molecule has 3 aromatic carbocycles. The number of hydrogen-bond donors (Lipinski definition) is 3. The maximum Gasteiger partial charge on any atom is 0.261 e. The van der Waals surface area contributed by atoms with Crippen molar-refractivity contribution >= 4 is 30.5 Å². The smallest absolute Gasteiger partial charge is 0.261 e. The normalized spacial score (nSPS) is 12.6. The fraction of sp³-hybridized carbons (Fsp3) is 0.371. The van der Waals surface area contributed by atoms with Gasteiger partial charge in [-0.2, -0.15) is 4.98 Å². The van der Waals surface area contributed by atoms with Gasteiger partial charge in [-0.25, -0.2) is 4.98 Å². The second-order valence-electron chi connectivity index (χ2n) is 12.1. The molecule has 228 valence electrons. The van der Waals surface area contributed by atoms with Gasteiger partial charge in [-0.15, -0.1) is 0 Å². The number of aliphatic hydroxyl groups is 1. The van der Waals surface area contributed by atoms with E-state index < -0.39 is 8.32 Å². The number of aryl methyl sites for hydroxylation is 1. The molecule has 4 N–H and O–H groups in total. The van der Waals surface area contributed by atoms with E-state index in [0.717, 1.165) is 41.0 Å². The van der Waals surface area contributed by atoms with E-state index in [2.05, 4.69) is 104 Å². The summed E-state index contributed by atoms with van der Waals surface area (Å²) in [4.78, 5) is 9.17. The fourth-order valence-electron chi connectivity index (χ4n) is 5.93. The van der Waals surface area contributed by atoms with Crippen LogP contribution in [0, 0.1) is 6.92 Å². The van der Waals surface area contributed by atoms with E-state index in [1.54, 1.807) is 7.11 Å². The lowest BCUT2D eigenvalue weighted by molar-refractivity contribution is 0.273. The number of methoxy groups -OCH3 is 1. The molecule has 0 aliphatic heterocycles. The van der Waals surface area contributed by atoms with Crippen LogP contribution in [0.5, 0.6) is 5.75 Å². The number of nitrogens with zero attached hydrogens (tertiary/aromatic N) is 2. The van der Waals surface area contributed by atoms with Gasteiger partial charge in [0.1, 0.15) is 11.6 Å². The number of aromatic nitrogens is 2.